The molecule has 2 N–H and O–H groups in total. The zero-order chi connectivity index (χ0) is 12.8. The van der Waals surface area contributed by atoms with E-state index >= 15 is 0 Å². The van der Waals surface area contributed by atoms with Gasteiger partial charge in [-0.2, -0.15) is 0 Å². The van der Waals surface area contributed by atoms with Crippen molar-refractivity contribution in [1.29, 1.82) is 0 Å². The minimum atomic E-state index is -2.82. The third kappa shape index (κ3) is 4.44. The Bertz CT molecular complexity index is 442. The highest BCUT2D eigenvalue weighted by atomic mass is 32.2. The summed E-state index contributed by atoms with van der Waals surface area (Å²) >= 11 is 0. The molecule has 1 aliphatic heterocycles. The van der Waals surface area contributed by atoms with Gasteiger partial charge < -0.3 is 15.1 Å². The average Bonchev–Trinajstić information content (AvgIpc) is 2.80. The van der Waals surface area contributed by atoms with E-state index in [4.69, 9.17) is 4.42 Å². The van der Waals surface area contributed by atoms with E-state index in [0.29, 0.717) is 6.54 Å². The molecule has 0 bridgehead atoms. The molecule has 1 atom stereocenters. The van der Waals surface area contributed by atoms with Gasteiger partial charge in [0.2, 0.25) is 0 Å². The average molecular weight is 272 g/mol. The Morgan fingerprint density at radius 1 is 1.44 bits per heavy atom. The van der Waals surface area contributed by atoms with Crippen LogP contribution in [-0.2, 0) is 16.3 Å². The molecule has 0 saturated carbocycles. The Balaban J connectivity index is 1.58. The Kier molecular flexibility index (Phi) is 4.79. The molecular formula is C12H20N2O3S. The Morgan fingerprint density at radius 2 is 2.33 bits per heavy atom. The summed E-state index contributed by atoms with van der Waals surface area (Å²) < 4.78 is 28.1. The van der Waals surface area contributed by atoms with Crippen LogP contribution in [0, 0.1) is 0 Å². The minimum absolute atomic E-state index is 0.0971. The summed E-state index contributed by atoms with van der Waals surface area (Å²) in [6, 6.07) is 3.93. The highest BCUT2D eigenvalue weighted by Crippen LogP contribution is 2.04. The van der Waals surface area contributed by atoms with Crippen LogP contribution in [0.25, 0.3) is 0 Å². The first-order valence-electron chi connectivity index (χ1n) is 6.33. The number of rotatable bonds is 6. The molecule has 18 heavy (non-hydrogen) atoms. The zero-order valence-corrected chi connectivity index (χ0v) is 11.2. The fraction of sp³-hybridized carbons (Fsp3) is 0.667. The molecule has 1 unspecified atom stereocenters. The van der Waals surface area contributed by atoms with Gasteiger partial charge in [0.05, 0.1) is 17.8 Å². The topological polar surface area (TPSA) is 71.3 Å². The third-order valence-corrected chi connectivity index (χ3v) is 4.84. The molecule has 2 rings (SSSR count). The van der Waals surface area contributed by atoms with Crippen molar-refractivity contribution in [3.63, 3.8) is 0 Å². The normalized spacial score (nSPS) is 23.0. The highest BCUT2D eigenvalue weighted by Gasteiger charge is 2.23. The van der Waals surface area contributed by atoms with Crippen LogP contribution < -0.4 is 10.6 Å². The zero-order valence-electron chi connectivity index (χ0n) is 10.4. The highest BCUT2D eigenvalue weighted by molar-refractivity contribution is 7.91. The first-order valence-corrected chi connectivity index (χ1v) is 8.15. The van der Waals surface area contributed by atoms with Crippen molar-refractivity contribution in [3.05, 3.63) is 24.2 Å². The van der Waals surface area contributed by atoms with Gasteiger partial charge in [0.25, 0.3) is 0 Å². The van der Waals surface area contributed by atoms with Gasteiger partial charge in [-0.25, -0.2) is 8.42 Å². The number of sulfone groups is 1. The SMILES string of the molecule is O=S1(=O)CCNC(CCNCCc2ccco2)C1. The molecule has 0 aliphatic carbocycles. The number of hydrogen-bond donors (Lipinski definition) is 2. The van der Waals surface area contributed by atoms with Crippen molar-refractivity contribution < 1.29 is 12.8 Å². The summed E-state index contributed by atoms with van der Waals surface area (Å²) in [7, 11) is -2.82. The molecule has 0 spiro atoms. The van der Waals surface area contributed by atoms with Crippen LogP contribution in [0.5, 0.6) is 0 Å². The van der Waals surface area contributed by atoms with Crippen LogP contribution >= 0.6 is 0 Å². The van der Waals surface area contributed by atoms with Crippen LogP contribution in [0.2, 0.25) is 0 Å². The second-order valence-corrected chi connectivity index (χ2v) is 6.86. The van der Waals surface area contributed by atoms with Crippen molar-refractivity contribution in [2.24, 2.45) is 0 Å². The Hall–Kier alpha value is -0.850. The molecule has 1 aromatic rings. The van der Waals surface area contributed by atoms with E-state index in [0.717, 1.165) is 31.7 Å². The van der Waals surface area contributed by atoms with Crippen LogP contribution in [0.3, 0.4) is 0 Å². The summed E-state index contributed by atoms with van der Waals surface area (Å²) in [5, 5.41) is 6.54. The predicted octanol–water partition coefficient (Wildman–Crippen LogP) is 0.188. The fourth-order valence-corrected chi connectivity index (χ4v) is 3.61. The van der Waals surface area contributed by atoms with Gasteiger partial charge in [-0.3, -0.25) is 0 Å². The third-order valence-electron chi connectivity index (χ3n) is 3.10. The Morgan fingerprint density at radius 3 is 3.06 bits per heavy atom. The van der Waals surface area contributed by atoms with E-state index in [1.807, 2.05) is 12.1 Å². The lowest BCUT2D eigenvalue weighted by Gasteiger charge is -2.23. The van der Waals surface area contributed by atoms with E-state index in [1.54, 1.807) is 6.26 Å². The molecule has 6 heteroatoms. The summed E-state index contributed by atoms with van der Waals surface area (Å²) in [6.07, 6.45) is 3.38. The molecule has 0 amide bonds. The van der Waals surface area contributed by atoms with Gasteiger partial charge in [-0.15, -0.1) is 0 Å². The molecule has 5 nitrogen and oxygen atoms in total. The second kappa shape index (κ2) is 6.36. The van der Waals surface area contributed by atoms with E-state index in [1.165, 1.54) is 0 Å². The lowest BCUT2D eigenvalue weighted by atomic mass is 10.2. The summed E-state index contributed by atoms with van der Waals surface area (Å²) in [5.41, 5.74) is 0. The molecular weight excluding hydrogens is 252 g/mol. The van der Waals surface area contributed by atoms with Gasteiger partial charge in [0, 0.05) is 25.6 Å². The maximum Gasteiger partial charge on any atom is 0.153 e. The lowest BCUT2D eigenvalue weighted by molar-refractivity contribution is 0.469. The largest absolute Gasteiger partial charge is 0.469 e. The maximum absolute atomic E-state index is 11.4. The maximum atomic E-state index is 11.4. The van der Waals surface area contributed by atoms with Crippen LogP contribution in [0.4, 0.5) is 0 Å². The molecule has 1 fully saturated rings. The van der Waals surface area contributed by atoms with Gasteiger partial charge in [0.15, 0.2) is 9.84 Å². The quantitative estimate of drug-likeness (QED) is 0.723. The summed E-state index contributed by atoms with van der Waals surface area (Å²) in [5.74, 6) is 1.52. The first kappa shape index (κ1) is 13.6. The van der Waals surface area contributed by atoms with Crippen LogP contribution in [0.1, 0.15) is 12.2 Å². The van der Waals surface area contributed by atoms with Gasteiger partial charge in [-0.05, 0) is 25.1 Å². The number of nitrogens with one attached hydrogen (secondary N) is 2. The Labute approximate surface area is 108 Å². The van der Waals surface area contributed by atoms with Gasteiger partial charge >= 0.3 is 0 Å². The monoisotopic (exact) mass is 272 g/mol. The van der Waals surface area contributed by atoms with Gasteiger partial charge in [-0.1, -0.05) is 0 Å². The van der Waals surface area contributed by atoms with Crippen LogP contribution in [-0.4, -0.2) is 45.6 Å². The van der Waals surface area contributed by atoms with Crippen molar-refractivity contribution in [2.75, 3.05) is 31.1 Å². The predicted molar refractivity (Wildman–Crippen MR) is 70.3 cm³/mol. The fourth-order valence-electron chi connectivity index (χ4n) is 2.12. The minimum Gasteiger partial charge on any atom is -0.469 e. The van der Waals surface area contributed by atoms with Crippen molar-refractivity contribution in [1.82, 2.24) is 10.6 Å². The van der Waals surface area contributed by atoms with Crippen LogP contribution in [0.15, 0.2) is 22.8 Å². The molecule has 2 heterocycles. The smallest absolute Gasteiger partial charge is 0.153 e. The molecule has 1 saturated heterocycles. The van der Waals surface area contributed by atoms with Crippen molar-refractivity contribution in [3.8, 4) is 0 Å². The van der Waals surface area contributed by atoms with E-state index < -0.39 is 9.84 Å². The standard InChI is InChI=1S/C12H20N2O3S/c15-18(16)9-7-14-11(10-18)3-5-13-6-4-12-2-1-8-17-12/h1-2,8,11,13-14H,3-7,9-10H2. The van der Waals surface area contributed by atoms with Crippen molar-refractivity contribution in [2.45, 2.75) is 18.9 Å². The summed E-state index contributed by atoms with van der Waals surface area (Å²) in [6.45, 7) is 2.26. The summed E-state index contributed by atoms with van der Waals surface area (Å²) in [4.78, 5) is 0. The molecule has 0 aromatic carbocycles. The molecule has 1 aromatic heterocycles. The molecule has 1 aliphatic rings. The molecule has 102 valence electrons. The number of hydrogen-bond acceptors (Lipinski definition) is 5. The number of furan rings is 1. The molecule has 0 radical (unpaired) electrons. The van der Waals surface area contributed by atoms with Gasteiger partial charge in [0.1, 0.15) is 5.76 Å². The second-order valence-electron chi connectivity index (χ2n) is 4.63. The van der Waals surface area contributed by atoms with E-state index in [9.17, 15) is 8.42 Å². The van der Waals surface area contributed by atoms with E-state index in [-0.39, 0.29) is 17.5 Å². The van der Waals surface area contributed by atoms with Crippen molar-refractivity contribution >= 4 is 9.84 Å². The lowest BCUT2D eigenvalue weighted by Crippen LogP contribution is -2.46. The first-order chi connectivity index (χ1) is 8.66. The van der Waals surface area contributed by atoms with E-state index in [2.05, 4.69) is 10.6 Å².